The number of benzene rings is 1. The van der Waals surface area contributed by atoms with Gasteiger partial charge in [0.25, 0.3) is 0 Å². The van der Waals surface area contributed by atoms with Crippen LogP contribution in [-0.2, 0) is 11.2 Å². The van der Waals surface area contributed by atoms with Crippen LogP contribution in [-0.4, -0.2) is 5.91 Å². The van der Waals surface area contributed by atoms with Gasteiger partial charge in [-0.1, -0.05) is 37.6 Å². The summed E-state index contributed by atoms with van der Waals surface area (Å²) in [6.07, 6.45) is 4.98. The number of hydrogen-bond donors (Lipinski definition) is 1. The van der Waals surface area contributed by atoms with Crippen molar-refractivity contribution in [3.05, 3.63) is 35.4 Å². The molecule has 0 aliphatic carbocycles. The van der Waals surface area contributed by atoms with E-state index in [4.69, 9.17) is 0 Å². The number of rotatable bonds is 2. The molecule has 0 radical (unpaired) electrons. The molecule has 1 aromatic carbocycles. The van der Waals surface area contributed by atoms with Gasteiger partial charge in [0.15, 0.2) is 0 Å². The predicted molar refractivity (Wildman–Crippen MR) is 65.2 cm³/mol. The summed E-state index contributed by atoms with van der Waals surface area (Å²) in [5, 5.41) is 3.09. The fourth-order valence-corrected chi connectivity index (χ4v) is 2.21. The molecule has 1 saturated heterocycles. The first kappa shape index (κ1) is 11.2. The Labute approximate surface area is 97.1 Å². The average Bonchev–Trinajstić information content (AvgIpc) is 2.54. The van der Waals surface area contributed by atoms with Gasteiger partial charge in [-0.2, -0.15) is 0 Å². The molecule has 1 fully saturated rings. The van der Waals surface area contributed by atoms with Crippen molar-refractivity contribution in [1.29, 1.82) is 0 Å². The van der Waals surface area contributed by atoms with Crippen LogP contribution in [0.25, 0.3) is 0 Å². The fourth-order valence-electron chi connectivity index (χ4n) is 2.21. The molecule has 1 heterocycles. The van der Waals surface area contributed by atoms with Crippen LogP contribution in [0.3, 0.4) is 0 Å². The second-order valence-corrected chi connectivity index (χ2v) is 4.46. The van der Waals surface area contributed by atoms with Gasteiger partial charge in [0.05, 0.1) is 6.04 Å². The summed E-state index contributed by atoms with van der Waals surface area (Å²) in [4.78, 5) is 11.5. The van der Waals surface area contributed by atoms with Crippen molar-refractivity contribution >= 4 is 5.91 Å². The number of amides is 1. The Kier molecular flexibility index (Phi) is 3.60. The molecule has 1 aliphatic heterocycles. The lowest BCUT2D eigenvalue weighted by molar-refractivity contribution is -0.121. The van der Waals surface area contributed by atoms with Gasteiger partial charge in [0.2, 0.25) is 5.91 Å². The molecular formula is C14H19NO. The minimum atomic E-state index is 0.196. The third-order valence-electron chi connectivity index (χ3n) is 3.27. The summed E-state index contributed by atoms with van der Waals surface area (Å²) >= 11 is 0. The van der Waals surface area contributed by atoms with E-state index in [1.54, 1.807) is 0 Å². The monoisotopic (exact) mass is 217 g/mol. The zero-order valence-electron chi connectivity index (χ0n) is 9.83. The maximum Gasteiger partial charge on any atom is 0.220 e. The summed E-state index contributed by atoms with van der Waals surface area (Å²) in [6.45, 7) is 2.16. The molecule has 2 rings (SSSR count). The average molecular weight is 217 g/mol. The van der Waals surface area contributed by atoms with Crippen molar-refractivity contribution in [3.63, 3.8) is 0 Å². The minimum Gasteiger partial charge on any atom is -0.349 e. The van der Waals surface area contributed by atoms with Crippen LogP contribution in [0.4, 0.5) is 0 Å². The molecule has 1 amide bonds. The lowest BCUT2D eigenvalue weighted by atomic mass is 10.0. The Bertz CT molecular complexity index is 356. The number of carbonyl (C=O) groups excluding carboxylic acids is 1. The highest BCUT2D eigenvalue weighted by Gasteiger charge is 2.17. The second kappa shape index (κ2) is 5.15. The van der Waals surface area contributed by atoms with E-state index in [9.17, 15) is 4.79 Å². The molecule has 2 heteroatoms. The molecule has 1 aliphatic rings. The van der Waals surface area contributed by atoms with Gasteiger partial charge in [-0.3, -0.25) is 4.79 Å². The largest absolute Gasteiger partial charge is 0.349 e. The molecule has 0 bridgehead atoms. The van der Waals surface area contributed by atoms with E-state index < -0.39 is 0 Å². The van der Waals surface area contributed by atoms with Crippen molar-refractivity contribution in [3.8, 4) is 0 Å². The zero-order chi connectivity index (χ0) is 11.4. The smallest absolute Gasteiger partial charge is 0.220 e. The maximum absolute atomic E-state index is 11.5. The highest BCUT2D eigenvalue weighted by atomic mass is 16.1. The molecule has 1 atom stereocenters. The lowest BCUT2D eigenvalue weighted by Crippen LogP contribution is -2.25. The first-order chi connectivity index (χ1) is 7.79. The van der Waals surface area contributed by atoms with Gasteiger partial charge >= 0.3 is 0 Å². The van der Waals surface area contributed by atoms with Gasteiger partial charge in [-0.15, -0.1) is 0 Å². The highest BCUT2D eigenvalue weighted by Crippen LogP contribution is 2.23. The molecule has 1 N–H and O–H groups in total. The minimum absolute atomic E-state index is 0.196. The first-order valence-corrected chi connectivity index (χ1v) is 6.18. The Balaban J connectivity index is 2.12. The molecular weight excluding hydrogens is 198 g/mol. The van der Waals surface area contributed by atoms with Crippen LogP contribution in [0.1, 0.15) is 49.8 Å². The van der Waals surface area contributed by atoms with Crippen molar-refractivity contribution in [2.45, 2.75) is 45.1 Å². The number of nitrogens with one attached hydrogen (secondary N) is 1. The summed E-state index contributed by atoms with van der Waals surface area (Å²) in [7, 11) is 0. The van der Waals surface area contributed by atoms with E-state index in [1.165, 1.54) is 11.1 Å². The fraction of sp³-hybridized carbons (Fsp3) is 0.500. The van der Waals surface area contributed by atoms with Crippen LogP contribution >= 0.6 is 0 Å². The Morgan fingerprint density at radius 2 is 2.00 bits per heavy atom. The molecule has 0 aromatic heterocycles. The van der Waals surface area contributed by atoms with Gasteiger partial charge < -0.3 is 5.32 Å². The van der Waals surface area contributed by atoms with Gasteiger partial charge in [-0.05, 0) is 30.4 Å². The van der Waals surface area contributed by atoms with Crippen LogP contribution in [0.5, 0.6) is 0 Å². The molecule has 16 heavy (non-hydrogen) atoms. The van der Waals surface area contributed by atoms with Crippen LogP contribution < -0.4 is 5.32 Å². The first-order valence-electron chi connectivity index (χ1n) is 6.18. The SMILES string of the molecule is CCc1ccc(C2CCCCC(=O)N2)cc1. The van der Waals surface area contributed by atoms with Gasteiger partial charge in [0.1, 0.15) is 0 Å². The molecule has 1 aromatic rings. The van der Waals surface area contributed by atoms with E-state index in [0.717, 1.165) is 25.7 Å². The number of aryl methyl sites for hydroxylation is 1. The molecule has 0 saturated carbocycles. The Hall–Kier alpha value is -1.31. The lowest BCUT2D eigenvalue weighted by Gasteiger charge is -2.16. The predicted octanol–water partition coefficient (Wildman–Crippen LogP) is 2.98. The topological polar surface area (TPSA) is 29.1 Å². The summed E-state index contributed by atoms with van der Waals surface area (Å²) in [5.41, 5.74) is 2.59. The Morgan fingerprint density at radius 1 is 1.25 bits per heavy atom. The van der Waals surface area contributed by atoms with Crippen molar-refractivity contribution in [1.82, 2.24) is 5.32 Å². The second-order valence-electron chi connectivity index (χ2n) is 4.46. The van der Waals surface area contributed by atoms with Crippen LogP contribution in [0.15, 0.2) is 24.3 Å². The zero-order valence-corrected chi connectivity index (χ0v) is 9.83. The van der Waals surface area contributed by atoms with Crippen molar-refractivity contribution < 1.29 is 4.79 Å². The normalized spacial score (nSPS) is 21.3. The molecule has 86 valence electrons. The van der Waals surface area contributed by atoms with E-state index in [2.05, 4.69) is 36.5 Å². The number of carbonyl (C=O) groups is 1. The quantitative estimate of drug-likeness (QED) is 0.810. The van der Waals surface area contributed by atoms with Crippen LogP contribution in [0.2, 0.25) is 0 Å². The molecule has 0 spiro atoms. The molecule has 1 unspecified atom stereocenters. The van der Waals surface area contributed by atoms with E-state index in [0.29, 0.717) is 6.42 Å². The van der Waals surface area contributed by atoms with Crippen molar-refractivity contribution in [2.75, 3.05) is 0 Å². The third kappa shape index (κ3) is 2.63. The van der Waals surface area contributed by atoms with Gasteiger partial charge in [-0.25, -0.2) is 0 Å². The maximum atomic E-state index is 11.5. The summed E-state index contributed by atoms with van der Waals surface area (Å²) in [6, 6.07) is 8.84. The van der Waals surface area contributed by atoms with E-state index in [-0.39, 0.29) is 11.9 Å². The summed E-state index contributed by atoms with van der Waals surface area (Å²) < 4.78 is 0. The van der Waals surface area contributed by atoms with Crippen molar-refractivity contribution in [2.24, 2.45) is 0 Å². The highest BCUT2D eigenvalue weighted by molar-refractivity contribution is 5.76. The molecule has 2 nitrogen and oxygen atoms in total. The summed E-state index contributed by atoms with van der Waals surface area (Å²) in [5.74, 6) is 0.196. The third-order valence-corrected chi connectivity index (χ3v) is 3.27. The van der Waals surface area contributed by atoms with E-state index >= 15 is 0 Å². The number of hydrogen-bond acceptors (Lipinski definition) is 1. The Morgan fingerprint density at radius 3 is 2.69 bits per heavy atom. The van der Waals surface area contributed by atoms with E-state index in [1.807, 2.05) is 0 Å². The van der Waals surface area contributed by atoms with Crippen LogP contribution in [0, 0.1) is 0 Å². The van der Waals surface area contributed by atoms with Gasteiger partial charge in [0, 0.05) is 6.42 Å². The standard InChI is InChI=1S/C14H19NO/c1-2-11-7-9-12(10-8-11)13-5-3-4-6-14(16)15-13/h7-10,13H,2-6H2,1H3,(H,15,16).